The molecule has 0 aromatic carbocycles. The minimum absolute atomic E-state index is 0.0203. The third kappa shape index (κ3) is 3.25. The molecule has 2 N–H and O–H groups in total. The van der Waals surface area contributed by atoms with Gasteiger partial charge in [0.25, 0.3) is 5.91 Å². The van der Waals surface area contributed by atoms with Crippen molar-refractivity contribution in [2.45, 2.75) is 32.1 Å². The minimum atomic E-state index is -0.0773. The monoisotopic (exact) mass is 296 g/mol. The molecule has 2 unspecified atom stereocenters. The summed E-state index contributed by atoms with van der Waals surface area (Å²) in [7, 11) is 3.28. The highest BCUT2D eigenvalue weighted by molar-refractivity contribution is 5.95. The van der Waals surface area contributed by atoms with Crippen molar-refractivity contribution < 1.29 is 14.3 Å². The number of carbonyl (C=O) groups excluding carboxylic acids is 1. The quantitative estimate of drug-likeness (QED) is 0.800. The first kappa shape index (κ1) is 15.9. The lowest BCUT2D eigenvalue weighted by atomic mass is 10.2. The number of rotatable bonds is 6. The van der Waals surface area contributed by atoms with Crippen LogP contribution in [0.2, 0.25) is 0 Å². The molecule has 118 valence electrons. The maximum atomic E-state index is 12.6. The molecule has 1 amide bonds. The molecule has 2 heterocycles. The molecule has 0 aliphatic carbocycles. The largest absolute Gasteiger partial charge is 0.377 e. The zero-order valence-corrected chi connectivity index (χ0v) is 12.9. The molecule has 1 aromatic heterocycles. The van der Waals surface area contributed by atoms with Crippen molar-refractivity contribution in [2.75, 3.05) is 33.9 Å². The van der Waals surface area contributed by atoms with Gasteiger partial charge in [-0.25, -0.2) is 0 Å². The molecule has 7 nitrogen and oxygen atoms in total. The number of carbonyl (C=O) groups is 1. The van der Waals surface area contributed by atoms with Crippen LogP contribution in [0.1, 0.15) is 22.5 Å². The van der Waals surface area contributed by atoms with Crippen LogP contribution in [0.15, 0.2) is 6.20 Å². The van der Waals surface area contributed by atoms with E-state index in [9.17, 15) is 4.79 Å². The Morgan fingerprint density at radius 2 is 2.00 bits per heavy atom. The number of hydrogen-bond donors (Lipinski definition) is 1. The van der Waals surface area contributed by atoms with Crippen LogP contribution in [-0.4, -0.2) is 66.6 Å². The Bertz CT molecular complexity index is 477. The van der Waals surface area contributed by atoms with Crippen molar-refractivity contribution in [1.29, 1.82) is 0 Å². The number of methoxy groups -OCH3 is 2. The van der Waals surface area contributed by atoms with E-state index < -0.39 is 0 Å². The van der Waals surface area contributed by atoms with E-state index in [1.165, 1.54) is 0 Å². The molecule has 2 atom stereocenters. The van der Waals surface area contributed by atoms with E-state index in [0.29, 0.717) is 25.2 Å². The number of hydrogen-bond acceptors (Lipinski definition) is 5. The zero-order chi connectivity index (χ0) is 15.4. The molecular formula is C14H24N4O3. The summed E-state index contributed by atoms with van der Waals surface area (Å²) in [6, 6.07) is 0. The molecule has 1 aromatic rings. The SMILES string of the molecule is COC1CN(C(=O)c2cnn(CCCN)c2C)CC1OC. The molecule has 1 saturated heterocycles. The lowest BCUT2D eigenvalue weighted by Gasteiger charge is -2.15. The van der Waals surface area contributed by atoms with Gasteiger partial charge >= 0.3 is 0 Å². The van der Waals surface area contributed by atoms with Crippen molar-refractivity contribution in [2.24, 2.45) is 5.73 Å². The number of ether oxygens (including phenoxy) is 2. The van der Waals surface area contributed by atoms with Gasteiger partial charge in [0.05, 0.1) is 11.8 Å². The summed E-state index contributed by atoms with van der Waals surface area (Å²) in [4.78, 5) is 14.4. The lowest BCUT2D eigenvalue weighted by molar-refractivity contribution is -0.00461. The second-order valence-electron chi connectivity index (χ2n) is 5.27. The van der Waals surface area contributed by atoms with Gasteiger partial charge in [0, 0.05) is 39.5 Å². The van der Waals surface area contributed by atoms with E-state index in [1.807, 2.05) is 11.6 Å². The molecule has 0 bridgehead atoms. The first-order valence-corrected chi connectivity index (χ1v) is 7.19. The maximum absolute atomic E-state index is 12.6. The van der Waals surface area contributed by atoms with Gasteiger partial charge < -0.3 is 20.1 Å². The maximum Gasteiger partial charge on any atom is 0.257 e. The van der Waals surface area contributed by atoms with E-state index in [0.717, 1.165) is 18.7 Å². The number of aromatic nitrogens is 2. The Morgan fingerprint density at radius 1 is 1.38 bits per heavy atom. The van der Waals surface area contributed by atoms with Gasteiger partial charge in [-0.2, -0.15) is 5.10 Å². The van der Waals surface area contributed by atoms with Gasteiger partial charge in [-0.05, 0) is 19.9 Å². The van der Waals surface area contributed by atoms with E-state index in [4.69, 9.17) is 15.2 Å². The summed E-state index contributed by atoms with van der Waals surface area (Å²) in [5, 5.41) is 4.28. The summed E-state index contributed by atoms with van der Waals surface area (Å²) in [5.74, 6) is -0.0203. The first-order chi connectivity index (χ1) is 10.1. The van der Waals surface area contributed by atoms with Gasteiger partial charge in [0.2, 0.25) is 0 Å². The molecule has 1 aliphatic heterocycles. The summed E-state index contributed by atoms with van der Waals surface area (Å²) >= 11 is 0. The molecule has 0 radical (unpaired) electrons. The average Bonchev–Trinajstić information content (AvgIpc) is 3.08. The Hall–Kier alpha value is -1.44. The predicted molar refractivity (Wildman–Crippen MR) is 78.1 cm³/mol. The topological polar surface area (TPSA) is 82.6 Å². The number of nitrogens with zero attached hydrogens (tertiary/aromatic N) is 3. The number of likely N-dealkylation sites (tertiary alicyclic amines) is 1. The third-order valence-electron chi connectivity index (χ3n) is 4.02. The standard InChI is InChI=1S/C14H24N4O3/c1-10-11(7-16-18(10)6-4-5-15)14(19)17-8-12(20-2)13(9-17)21-3/h7,12-13H,4-6,8-9,15H2,1-3H3. The highest BCUT2D eigenvalue weighted by Gasteiger charge is 2.36. The van der Waals surface area contributed by atoms with Crippen LogP contribution in [0, 0.1) is 6.92 Å². The Labute approximate surface area is 125 Å². The van der Waals surface area contributed by atoms with Crippen LogP contribution in [0.4, 0.5) is 0 Å². The molecule has 2 rings (SSSR count). The van der Waals surface area contributed by atoms with Crippen molar-refractivity contribution in [3.63, 3.8) is 0 Å². The van der Waals surface area contributed by atoms with Gasteiger partial charge in [0.1, 0.15) is 12.2 Å². The van der Waals surface area contributed by atoms with Crippen molar-refractivity contribution in [3.05, 3.63) is 17.5 Å². The van der Waals surface area contributed by atoms with Crippen LogP contribution < -0.4 is 5.73 Å². The molecule has 21 heavy (non-hydrogen) atoms. The van der Waals surface area contributed by atoms with Crippen molar-refractivity contribution in [3.8, 4) is 0 Å². The first-order valence-electron chi connectivity index (χ1n) is 7.19. The third-order valence-corrected chi connectivity index (χ3v) is 4.02. The molecule has 0 spiro atoms. The fourth-order valence-corrected chi connectivity index (χ4v) is 2.66. The summed E-state index contributed by atoms with van der Waals surface area (Å²) in [6.45, 7) is 4.34. The second kappa shape index (κ2) is 7.02. The number of aryl methyl sites for hydroxylation is 1. The molecular weight excluding hydrogens is 272 g/mol. The molecule has 1 fully saturated rings. The van der Waals surface area contributed by atoms with Crippen molar-refractivity contribution >= 4 is 5.91 Å². The van der Waals surface area contributed by atoms with Crippen LogP contribution in [-0.2, 0) is 16.0 Å². The van der Waals surface area contributed by atoms with Gasteiger partial charge in [-0.3, -0.25) is 9.48 Å². The predicted octanol–water partition coefficient (Wildman–Crippen LogP) is 0.0261. The highest BCUT2D eigenvalue weighted by Crippen LogP contribution is 2.19. The highest BCUT2D eigenvalue weighted by atomic mass is 16.5. The van der Waals surface area contributed by atoms with Crippen LogP contribution in [0.5, 0.6) is 0 Å². The zero-order valence-electron chi connectivity index (χ0n) is 12.9. The van der Waals surface area contributed by atoms with E-state index >= 15 is 0 Å². The van der Waals surface area contributed by atoms with Crippen LogP contribution in [0.3, 0.4) is 0 Å². The lowest BCUT2D eigenvalue weighted by Crippen LogP contribution is -2.30. The van der Waals surface area contributed by atoms with Gasteiger partial charge in [-0.15, -0.1) is 0 Å². The fraction of sp³-hybridized carbons (Fsp3) is 0.714. The molecule has 0 saturated carbocycles. The van der Waals surface area contributed by atoms with Gasteiger partial charge in [-0.1, -0.05) is 0 Å². The Morgan fingerprint density at radius 3 is 2.52 bits per heavy atom. The smallest absolute Gasteiger partial charge is 0.257 e. The summed E-state index contributed by atoms with van der Waals surface area (Å²) in [6.07, 6.45) is 2.33. The minimum Gasteiger partial charge on any atom is -0.377 e. The summed E-state index contributed by atoms with van der Waals surface area (Å²) < 4.78 is 12.6. The fourth-order valence-electron chi connectivity index (χ4n) is 2.66. The average molecular weight is 296 g/mol. The van der Waals surface area contributed by atoms with Gasteiger partial charge in [0.15, 0.2) is 0 Å². The number of nitrogens with two attached hydrogens (primary N) is 1. The van der Waals surface area contributed by atoms with Crippen molar-refractivity contribution in [1.82, 2.24) is 14.7 Å². The van der Waals surface area contributed by atoms with E-state index in [-0.39, 0.29) is 18.1 Å². The Kier molecular flexibility index (Phi) is 5.33. The second-order valence-corrected chi connectivity index (χ2v) is 5.27. The van der Waals surface area contributed by atoms with Crippen LogP contribution >= 0.6 is 0 Å². The van der Waals surface area contributed by atoms with Crippen LogP contribution in [0.25, 0.3) is 0 Å². The molecule has 1 aliphatic rings. The van der Waals surface area contributed by atoms with E-state index in [2.05, 4.69) is 5.10 Å². The summed E-state index contributed by atoms with van der Waals surface area (Å²) in [5.41, 5.74) is 7.03. The molecule has 7 heteroatoms. The Balaban J connectivity index is 2.09. The van der Waals surface area contributed by atoms with E-state index in [1.54, 1.807) is 25.3 Å². The normalized spacial score (nSPS) is 22.0. The number of amides is 1.